The molecule has 1 aromatic carbocycles. The average Bonchev–Trinajstić information content (AvgIpc) is 2.46. The minimum Gasteiger partial charge on any atom is -0.370 e. The van der Waals surface area contributed by atoms with Gasteiger partial charge in [0.1, 0.15) is 5.82 Å². The smallest absolute Gasteiger partial charge is 0.370 e. The van der Waals surface area contributed by atoms with Crippen molar-refractivity contribution in [1.82, 2.24) is 9.97 Å². The lowest BCUT2D eigenvalue weighted by molar-refractivity contribution is -0.144. The first kappa shape index (κ1) is 15.3. The lowest BCUT2D eigenvalue weighted by atomic mass is 10.1. The van der Waals surface area contributed by atoms with Crippen molar-refractivity contribution in [3.63, 3.8) is 0 Å². The van der Waals surface area contributed by atoms with Gasteiger partial charge in [0.25, 0.3) is 0 Å². The fraction of sp³-hybridized carbons (Fsp3) is 0.333. The number of halogens is 3. The van der Waals surface area contributed by atoms with Crippen molar-refractivity contribution >= 4 is 5.82 Å². The molecule has 0 spiro atoms. The van der Waals surface area contributed by atoms with Gasteiger partial charge in [0.2, 0.25) is 5.82 Å². The molecule has 2 aromatic rings. The third-order valence-electron chi connectivity index (χ3n) is 3.00. The number of nitrogens with one attached hydrogen (secondary N) is 1. The SMILES string of the molecule is CCNc1cc(-c2ccc(CC)cc2)nc(C(F)(F)F)n1. The average molecular weight is 295 g/mol. The molecule has 0 aliphatic heterocycles. The predicted octanol–water partition coefficient (Wildman–Crippen LogP) is 4.16. The third kappa shape index (κ3) is 3.71. The second kappa shape index (κ2) is 6.11. The van der Waals surface area contributed by atoms with E-state index in [0.717, 1.165) is 12.0 Å². The van der Waals surface area contributed by atoms with E-state index in [4.69, 9.17) is 0 Å². The van der Waals surface area contributed by atoms with Gasteiger partial charge < -0.3 is 5.32 Å². The Morgan fingerprint density at radius 1 is 1.05 bits per heavy atom. The Morgan fingerprint density at radius 2 is 1.71 bits per heavy atom. The summed E-state index contributed by atoms with van der Waals surface area (Å²) >= 11 is 0. The number of alkyl halides is 3. The Bertz CT molecular complexity index is 607. The summed E-state index contributed by atoms with van der Waals surface area (Å²) < 4.78 is 38.6. The van der Waals surface area contributed by atoms with Gasteiger partial charge in [0, 0.05) is 18.2 Å². The van der Waals surface area contributed by atoms with Crippen LogP contribution in [0.5, 0.6) is 0 Å². The predicted molar refractivity (Wildman–Crippen MR) is 76.0 cm³/mol. The van der Waals surface area contributed by atoms with Gasteiger partial charge in [0.05, 0.1) is 5.69 Å². The summed E-state index contributed by atoms with van der Waals surface area (Å²) in [5.74, 6) is -0.954. The molecular formula is C15H16F3N3. The van der Waals surface area contributed by atoms with Gasteiger partial charge in [-0.25, -0.2) is 9.97 Å². The molecule has 112 valence electrons. The van der Waals surface area contributed by atoms with E-state index >= 15 is 0 Å². The van der Waals surface area contributed by atoms with Crippen LogP contribution < -0.4 is 5.32 Å². The Hall–Kier alpha value is -2.11. The van der Waals surface area contributed by atoms with E-state index in [0.29, 0.717) is 12.1 Å². The molecule has 0 atom stereocenters. The highest BCUT2D eigenvalue weighted by Crippen LogP contribution is 2.30. The summed E-state index contributed by atoms with van der Waals surface area (Å²) in [6, 6.07) is 8.85. The van der Waals surface area contributed by atoms with Gasteiger partial charge in [-0.3, -0.25) is 0 Å². The summed E-state index contributed by atoms with van der Waals surface area (Å²) in [6.45, 7) is 4.30. The van der Waals surface area contributed by atoms with Gasteiger partial charge in [-0.15, -0.1) is 0 Å². The highest BCUT2D eigenvalue weighted by Gasteiger charge is 2.35. The van der Waals surface area contributed by atoms with E-state index in [1.165, 1.54) is 6.07 Å². The molecular weight excluding hydrogens is 279 g/mol. The lowest BCUT2D eigenvalue weighted by Gasteiger charge is -2.11. The third-order valence-corrected chi connectivity index (χ3v) is 3.00. The molecule has 0 aliphatic carbocycles. The zero-order valence-electron chi connectivity index (χ0n) is 11.8. The van der Waals surface area contributed by atoms with Crippen molar-refractivity contribution < 1.29 is 13.2 Å². The van der Waals surface area contributed by atoms with E-state index < -0.39 is 12.0 Å². The minimum absolute atomic E-state index is 0.175. The van der Waals surface area contributed by atoms with Crippen molar-refractivity contribution in [1.29, 1.82) is 0 Å². The van der Waals surface area contributed by atoms with Crippen LogP contribution in [0, 0.1) is 0 Å². The monoisotopic (exact) mass is 295 g/mol. The van der Waals surface area contributed by atoms with Gasteiger partial charge in [-0.1, -0.05) is 31.2 Å². The van der Waals surface area contributed by atoms with Crippen molar-refractivity contribution in [2.24, 2.45) is 0 Å². The van der Waals surface area contributed by atoms with Crippen LogP contribution in [0.25, 0.3) is 11.3 Å². The lowest BCUT2D eigenvalue weighted by Crippen LogP contribution is -2.13. The fourth-order valence-corrected chi connectivity index (χ4v) is 1.90. The Kier molecular flexibility index (Phi) is 4.45. The van der Waals surface area contributed by atoms with Crippen LogP contribution >= 0.6 is 0 Å². The van der Waals surface area contributed by atoms with Crippen LogP contribution in [-0.4, -0.2) is 16.5 Å². The number of hydrogen-bond acceptors (Lipinski definition) is 3. The van der Waals surface area contributed by atoms with Gasteiger partial charge in [-0.05, 0) is 18.9 Å². The first-order valence-electron chi connectivity index (χ1n) is 6.73. The van der Waals surface area contributed by atoms with Crippen molar-refractivity contribution in [2.75, 3.05) is 11.9 Å². The van der Waals surface area contributed by atoms with Gasteiger partial charge >= 0.3 is 6.18 Å². The number of hydrogen-bond donors (Lipinski definition) is 1. The second-order valence-electron chi connectivity index (χ2n) is 4.54. The van der Waals surface area contributed by atoms with Crippen LogP contribution in [0.3, 0.4) is 0 Å². The van der Waals surface area contributed by atoms with E-state index in [9.17, 15) is 13.2 Å². The number of anilines is 1. The highest BCUT2D eigenvalue weighted by atomic mass is 19.4. The molecule has 0 fully saturated rings. The Labute approximate surface area is 121 Å². The van der Waals surface area contributed by atoms with E-state index in [-0.39, 0.29) is 11.5 Å². The Balaban J connectivity index is 2.48. The summed E-state index contributed by atoms with van der Waals surface area (Å²) in [7, 11) is 0. The maximum absolute atomic E-state index is 12.9. The number of benzene rings is 1. The normalized spacial score (nSPS) is 11.5. The molecule has 1 heterocycles. The molecule has 1 N–H and O–H groups in total. The number of nitrogens with zero attached hydrogens (tertiary/aromatic N) is 2. The fourth-order valence-electron chi connectivity index (χ4n) is 1.90. The second-order valence-corrected chi connectivity index (χ2v) is 4.54. The zero-order valence-corrected chi connectivity index (χ0v) is 11.8. The molecule has 6 heteroatoms. The summed E-state index contributed by atoms with van der Waals surface area (Å²) in [5.41, 5.74) is 2.02. The minimum atomic E-state index is -4.57. The first-order chi connectivity index (χ1) is 9.94. The summed E-state index contributed by atoms with van der Waals surface area (Å²) in [4.78, 5) is 7.14. The van der Waals surface area contributed by atoms with Crippen molar-refractivity contribution in [3.05, 3.63) is 41.7 Å². The van der Waals surface area contributed by atoms with Crippen LogP contribution in [0.4, 0.5) is 19.0 Å². The standard InChI is InChI=1S/C15H16F3N3/c1-3-10-5-7-11(8-6-10)12-9-13(19-4-2)21-14(20-12)15(16,17)18/h5-9H,3-4H2,1-2H3,(H,19,20,21). The molecule has 2 rings (SSSR count). The number of aryl methyl sites for hydroxylation is 1. The molecule has 3 nitrogen and oxygen atoms in total. The topological polar surface area (TPSA) is 37.8 Å². The molecule has 0 radical (unpaired) electrons. The quantitative estimate of drug-likeness (QED) is 0.920. The summed E-state index contributed by atoms with van der Waals surface area (Å²) in [5, 5.41) is 2.80. The van der Waals surface area contributed by atoms with Crippen molar-refractivity contribution in [2.45, 2.75) is 26.4 Å². The molecule has 0 saturated heterocycles. The molecule has 0 saturated carbocycles. The molecule has 0 amide bonds. The number of aromatic nitrogens is 2. The largest absolute Gasteiger partial charge is 0.451 e. The van der Waals surface area contributed by atoms with Crippen LogP contribution in [-0.2, 0) is 12.6 Å². The maximum atomic E-state index is 12.9. The number of rotatable bonds is 4. The van der Waals surface area contributed by atoms with E-state index in [2.05, 4.69) is 15.3 Å². The maximum Gasteiger partial charge on any atom is 0.451 e. The molecule has 0 aliphatic rings. The molecule has 0 unspecified atom stereocenters. The summed E-state index contributed by atoms with van der Waals surface area (Å²) in [6.07, 6.45) is -3.69. The van der Waals surface area contributed by atoms with Crippen LogP contribution in [0.1, 0.15) is 25.2 Å². The Morgan fingerprint density at radius 3 is 2.24 bits per heavy atom. The highest BCUT2D eigenvalue weighted by molar-refractivity contribution is 5.63. The zero-order chi connectivity index (χ0) is 15.5. The molecule has 0 bridgehead atoms. The van der Waals surface area contributed by atoms with E-state index in [1.54, 1.807) is 19.1 Å². The molecule has 1 aromatic heterocycles. The molecule has 21 heavy (non-hydrogen) atoms. The van der Waals surface area contributed by atoms with Gasteiger partial charge in [-0.2, -0.15) is 13.2 Å². The van der Waals surface area contributed by atoms with Crippen molar-refractivity contribution in [3.8, 4) is 11.3 Å². The van der Waals surface area contributed by atoms with Crippen LogP contribution in [0.2, 0.25) is 0 Å². The van der Waals surface area contributed by atoms with Crippen LogP contribution in [0.15, 0.2) is 30.3 Å². The first-order valence-corrected chi connectivity index (χ1v) is 6.73. The van der Waals surface area contributed by atoms with Gasteiger partial charge in [0.15, 0.2) is 0 Å². The van der Waals surface area contributed by atoms with E-state index in [1.807, 2.05) is 19.1 Å².